The molecular formula is C9H10BrNO3S. The van der Waals surface area contributed by atoms with Crippen molar-refractivity contribution in [3.63, 3.8) is 0 Å². The van der Waals surface area contributed by atoms with Gasteiger partial charge in [-0.2, -0.15) is 0 Å². The number of carbonyl (C=O) groups is 2. The predicted octanol–water partition coefficient (Wildman–Crippen LogP) is 2.10. The van der Waals surface area contributed by atoms with Crippen molar-refractivity contribution in [1.29, 1.82) is 0 Å². The first-order valence-electron chi connectivity index (χ1n) is 4.26. The summed E-state index contributed by atoms with van der Waals surface area (Å²) in [7, 11) is 0. The van der Waals surface area contributed by atoms with Gasteiger partial charge in [-0.3, -0.25) is 9.59 Å². The molecule has 1 unspecified atom stereocenters. The number of amides is 1. The van der Waals surface area contributed by atoms with E-state index in [1.54, 1.807) is 18.4 Å². The fourth-order valence-corrected chi connectivity index (χ4v) is 2.51. The van der Waals surface area contributed by atoms with E-state index in [1.165, 1.54) is 11.3 Å². The molecule has 2 N–H and O–H groups in total. The van der Waals surface area contributed by atoms with Crippen LogP contribution in [-0.4, -0.2) is 23.0 Å². The molecule has 0 fully saturated rings. The van der Waals surface area contributed by atoms with Crippen molar-refractivity contribution in [3.05, 3.63) is 20.8 Å². The summed E-state index contributed by atoms with van der Waals surface area (Å²) in [5.74, 6) is -1.17. The number of hydrogen-bond acceptors (Lipinski definition) is 3. The molecule has 1 aromatic heterocycles. The molecule has 0 radical (unpaired) electrons. The molecular weight excluding hydrogens is 282 g/mol. The van der Waals surface area contributed by atoms with Crippen LogP contribution in [0.5, 0.6) is 0 Å². The van der Waals surface area contributed by atoms with Crippen molar-refractivity contribution in [1.82, 2.24) is 5.32 Å². The van der Waals surface area contributed by atoms with E-state index in [9.17, 15) is 9.59 Å². The highest BCUT2D eigenvalue weighted by Gasteiger charge is 2.15. The average Bonchev–Trinajstić information content (AvgIpc) is 2.49. The molecule has 0 aliphatic rings. The van der Waals surface area contributed by atoms with Crippen LogP contribution in [0.3, 0.4) is 0 Å². The Morgan fingerprint density at radius 3 is 2.80 bits per heavy atom. The maximum Gasteiger partial charge on any atom is 0.305 e. The van der Waals surface area contributed by atoms with Crippen LogP contribution in [0.4, 0.5) is 0 Å². The molecule has 0 spiro atoms. The third-order valence-corrected chi connectivity index (χ3v) is 3.52. The number of carbonyl (C=O) groups excluding carboxylic acids is 1. The Morgan fingerprint density at radius 2 is 2.33 bits per heavy atom. The zero-order chi connectivity index (χ0) is 11.4. The molecule has 0 aliphatic heterocycles. The first kappa shape index (κ1) is 12.2. The second-order valence-corrected chi connectivity index (χ2v) is 4.84. The summed E-state index contributed by atoms with van der Waals surface area (Å²) in [6.07, 6.45) is -0.0747. The van der Waals surface area contributed by atoms with Crippen LogP contribution in [0.25, 0.3) is 0 Å². The van der Waals surface area contributed by atoms with Crippen LogP contribution in [0.15, 0.2) is 15.9 Å². The SMILES string of the molecule is CC(CC(=O)O)NC(=O)c1sccc1Br. The van der Waals surface area contributed by atoms with Crippen molar-refractivity contribution >= 4 is 39.1 Å². The molecule has 1 heterocycles. The number of aliphatic carboxylic acids is 1. The predicted molar refractivity (Wildman–Crippen MR) is 61.2 cm³/mol. The number of carboxylic acid groups (broad SMARTS) is 1. The minimum atomic E-state index is -0.923. The molecule has 82 valence electrons. The Kier molecular flexibility index (Phi) is 4.28. The Balaban J connectivity index is 2.56. The highest BCUT2D eigenvalue weighted by Crippen LogP contribution is 2.22. The molecule has 1 atom stereocenters. The third-order valence-electron chi connectivity index (χ3n) is 1.68. The molecule has 0 bridgehead atoms. The number of halogens is 1. The van der Waals surface area contributed by atoms with Crippen molar-refractivity contribution in [2.45, 2.75) is 19.4 Å². The van der Waals surface area contributed by atoms with Crippen molar-refractivity contribution in [3.8, 4) is 0 Å². The Morgan fingerprint density at radius 1 is 1.67 bits per heavy atom. The van der Waals surface area contributed by atoms with Crippen LogP contribution in [-0.2, 0) is 4.79 Å². The van der Waals surface area contributed by atoms with Gasteiger partial charge in [-0.25, -0.2) is 0 Å². The van der Waals surface area contributed by atoms with E-state index in [4.69, 9.17) is 5.11 Å². The fourth-order valence-electron chi connectivity index (χ4n) is 1.06. The van der Waals surface area contributed by atoms with Crippen LogP contribution in [0.1, 0.15) is 23.0 Å². The van der Waals surface area contributed by atoms with Crippen molar-refractivity contribution in [2.24, 2.45) is 0 Å². The number of thiophene rings is 1. The van der Waals surface area contributed by atoms with E-state index in [1.807, 2.05) is 0 Å². The first-order valence-corrected chi connectivity index (χ1v) is 5.93. The standard InChI is InChI=1S/C9H10BrNO3S/c1-5(4-7(12)13)11-9(14)8-6(10)2-3-15-8/h2-3,5H,4H2,1H3,(H,11,14)(H,12,13). The molecule has 1 rings (SSSR count). The van der Waals surface area contributed by atoms with Gasteiger partial charge in [-0.1, -0.05) is 0 Å². The highest BCUT2D eigenvalue weighted by atomic mass is 79.9. The lowest BCUT2D eigenvalue weighted by Crippen LogP contribution is -2.33. The van der Waals surface area contributed by atoms with Gasteiger partial charge >= 0.3 is 5.97 Å². The lowest BCUT2D eigenvalue weighted by molar-refractivity contribution is -0.137. The van der Waals surface area contributed by atoms with Gasteiger partial charge in [0.2, 0.25) is 0 Å². The first-order chi connectivity index (χ1) is 7.00. The van der Waals surface area contributed by atoms with E-state index in [0.717, 1.165) is 4.47 Å². The van der Waals surface area contributed by atoms with E-state index in [0.29, 0.717) is 4.88 Å². The largest absolute Gasteiger partial charge is 0.481 e. The van der Waals surface area contributed by atoms with Crippen LogP contribution in [0.2, 0.25) is 0 Å². The number of hydrogen-bond donors (Lipinski definition) is 2. The van der Waals surface area contributed by atoms with Crippen molar-refractivity contribution in [2.75, 3.05) is 0 Å². The zero-order valence-corrected chi connectivity index (χ0v) is 10.4. The summed E-state index contributed by atoms with van der Waals surface area (Å²) in [6.45, 7) is 1.66. The molecule has 0 saturated carbocycles. The minimum absolute atomic E-state index is 0.0747. The number of carboxylic acids is 1. The van der Waals surface area contributed by atoms with Crippen LogP contribution < -0.4 is 5.32 Å². The molecule has 0 aromatic carbocycles. The third kappa shape index (κ3) is 3.64. The Bertz CT molecular complexity index is 377. The van der Waals surface area contributed by atoms with E-state index < -0.39 is 5.97 Å². The molecule has 0 aliphatic carbocycles. The molecule has 1 aromatic rings. The Labute approximate surface area is 99.4 Å². The topological polar surface area (TPSA) is 66.4 Å². The van der Waals surface area contributed by atoms with Crippen molar-refractivity contribution < 1.29 is 14.7 Å². The van der Waals surface area contributed by atoms with Gasteiger partial charge in [0.15, 0.2) is 0 Å². The second-order valence-electron chi connectivity index (χ2n) is 3.07. The summed E-state index contributed by atoms with van der Waals surface area (Å²) in [5, 5.41) is 12.9. The lowest BCUT2D eigenvalue weighted by Gasteiger charge is -2.10. The number of nitrogens with one attached hydrogen (secondary N) is 1. The second kappa shape index (κ2) is 5.27. The quantitative estimate of drug-likeness (QED) is 0.893. The van der Waals surface area contributed by atoms with E-state index >= 15 is 0 Å². The van der Waals surface area contributed by atoms with Gasteiger partial charge in [0, 0.05) is 10.5 Å². The molecule has 4 nitrogen and oxygen atoms in total. The van der Waals surface area contributed by atoms with Gasteiger partial charge < -0.3 is 10.4 Å². The summed E-state index contributed by atoms with van der Waals surface area (Å²) in [6, 6.07) is 1.41. The maximum absolute atomic E-state index is 11.6. The summed E-state index contributed by atoms with van der Waals surface area (Å²) < 4.78 is 0.729. The van der Waals surface area contributed by atoms with Crippen LogP contribution in [0, 0.1) is 0 Å². The monoisotopic (exact) mass is 291 g/mol. The van der Waals surface area contributed by atoms with Gasteiger partial charge in [-0.05, 0) is 34.3 Å². The summed E-state index contributed by atoms with van der Waals surface area (Å²) in [5.41, 5.74) is 0. The smallest absolute Gasteiger partial charge is 0.305 e. The van der Waals surface area contributed by atoms with Gasteiger partial charge in [0.25, 0.3) is 5.91 Å². The van der Waals surface area contributed by atoms with Gasteiger partial charge in [0.05, 0.1) is 6.42 Å². The average molecular weight is 292 g/mol. The highest BCUT2D eigenvalue weighted by molar-refractivity contribution is 9.10. The lowest BCUT2D eigenvalue weighted by atomic mass is 10.2. The Hall–Kier alpha value is -0.880. The van der Waals surface area contributed by atoms with Gasteiger partial charge in [0.1, 0.15) is 4.88 Å². The number of rotatable bonds is 4. The fraction of sp³-hybridized carbons (Fsp3) is 0.333. The molecule has 1 amide bonds. The molecule has 0 saturated heterocycles. The minimum Gasteiger partial charge on any atom is -0.481 e. The summed E-state index contributed by atoms with van der Waals surface area (Å²) in [4.78, 5) is 22.5. The van der Waals surface area contributed by atoms with E-state index in [-0.39, 0.29) is 18.4 Å². The summed E-state index contributed by atoms with van der Waals surface area (Å²) >= 11 is 4.55. The molecule has 15 heavy (non-hydrogen) atoms. The zero-order valence-electron chi connectivity index (χ0n) is 7.99. The normalized spacial score (nSPS) is 12.1. The van der Waals surface area contributed by atoms with Crippen LogP contribution >= 0.6 is 27.3 Å². The van der Waals surface area contributed by atoms with E-state index in [2.05, 4.69) is 21.2 Å². The van der Waals surface area contributed by atoms with Gasteiger partial charge in [-0.15, -0.1) is 11.3 Å². The molecule has 6 heteroatoms. The maximum atomic E-state index is 11.6.